The van der Waals surface area contributed by atoms with Gasteiger partial charge in [-0.05, 0) is 30.7 Å². The van der Waals surface area contributed by atoms with Crippen molar-refractivity contribution in [1.29, 1.82) is 0 Å². The van der Waals surface area contributed by atoms with Crippen molar-refractivity contribution in [2.75, 3.05) is 20.1 Å². The normalized spacial score (nSPS) is 12.6. The summed E-state index contributed by atoms with van der Waals surface area (Å²) in [7, 11) is 1.94. The molecule has 0 rings (SSSR count). The maximum atomic E-state index is 11.6. The van der Waals surface area contributed by atoms with Gasteiger partial charge in [0, 0.05) is 19.5 Å². The van der Waals surface area contributed by atoms with Crippen molar-refractivity contribution in [2.24, 2.45) is 10.8 Å². The number of rotatable bonds is 7. The van der Waals surface area contributed by atoms with Crippen molar-refractivity contribution in [3.8, 4) is 0 Å². The van der Waals surface area contributed by atoms with E-state index >= 15 is 0 Å². The van der Waals surface area contributed by atoms with Gasteiger partial charge in [0.25, 0.3) is 0 Å². The Morgan fingerprint density at radius 1 is 1.06 bits per heavy atom. The van der Waals surface area contributed by atoms with Crippen LogP contribution >= 0.6 is 0 Å². The molecule has 1 amide bonds. The number of nitrogens with one attached hydrogen (secondary N) is 2. The number of hydrogen-bond donors (Lipinski definition) is 2. The van der Waals surface area contributed by atoms with Crippen LogP contribution in [-0.2, 0) is 4.79 Å². The number of carbonyl (C=O) groups is 1. The summed E-state index contributed by atoms with van der Waals surface area (Å²) in [6.07, 6.45) is 2.72. The van der Waals surface area contributed by atoms with E-state index in [0.717, 1.165) is 25.9 Å². The number of carbonyl (C=O) groups excluding carboxylic acids is 1. The molecular weight excluding hydrogens is 212 g/mol. The van der Waals surface area contributed by atoms with Crippen LogP contribution in [0, 0.1) is 10.8 Å². The van der Waals surface area contributed by atoms with Crippen molar-refractivity contribution in [2.45, 2.75) is 53.9 Å². The fourth-order valence-corrected chi connectivity index (χ4v) is 1.75. The summed E-state index contributed by atoms with van der Waals surface area (Å²) >= 11 is 0. The van der Waals surface area contributed by atoms with Gasteiger partial charge in [-0.1, -0.05) is 34.6 Å². The Morgan fingerprint density at radius 3 is 2.12 bits per heavy atom. The summed E-state index contributed by atoms with van der Waals surface area (Å²) in [6, 6.07) is 0. The van der Waals surface area contributed by atoms with E-state index in [9.17, 15) is 4.79 Å². The first-order chi connectivity index (χ1) is 7.66. The van der Waals surface area contributed by atoms with Crippen LogP contribution < -0.4 is 10.6 Å². The van der Waals surface area contributed by atoms with Crippen LogP contribution in [0.2, 0.25) is 0 Å². The summed E-state index contributed by atoms with van der Waals surface area (Å²) < 4.78 is 0. The third-order valence-corrected chi connectivity index (χ3v) is 2.75. The minimum Gasteiger partial charge on any atom is -0.356 e. The molecule has 102 valence electrons. The Balaban J connectivity index is 3.73. The smallest absolute Gasteiger partial charge is 0.220 e. The molecule has 0 aliphatic carbocycles. The highest BCUT2D eigenvalue weighted by atomic mass is 16.1. The van der Waals surface area contributed by atoms with E-state index < -0.39 is 0 Å². The second-order valence-electron chi connectivity index (χ2n) is 6.89. The van der Waals surface area contributed by atoms with E-state index in [0.29, 0.717) is 11.8 Å². The van der Waals surface area contributed by atoms with Gasteiger partial charge in [-0.15, -0.1) is 0 Å². The molecule has 0 fully saturated rings. The van der Waals surface area contributed by atoms with Gasteiger partial charge in [-0.2, -0.15) is 0 Å². The molecule has 0 aromatic carbocycles. The van der Waals surface area contributed by atoms with E-state index in [1.165, 1.54) is 0 Å². The van der Waals surface area contributed by atoms with E-state index in [1.54, 1.807) is 0 Å². The molecule has 0 aromatic rings. The highest BCUT2D eigenvalue weighted by molar-refractivity contribution is 5.75. The SMILES string of the molecule is CNCC(C)(C)CNC(=O)CCCC(C)(C)C. The van der Waals surface area contributed by atoms with Gasteiger partial charge >= 0.3 is 0 Å². The third kappa shape index (κ3) is 10.3. The molecule has 17 heavy (non-hydrogen) atoms. The third-order valence-electron chi connectivity index (χ3n) is 2.75. The Labute approximate surface area is 107 Å². The number of hydrogen-bond acceptors (Lipinski definition) is 2. The van der Waals surface area contributed by atoms with Gasteiger partial charge < -0.3 is 10.6 Å². The van der Waals surface area contributed by atoms with Crippen LogP contribution in [0.15, 0.2) is 0 Å². The van der Waals surface area contributed by atoms with E-state index in [2.05, 4.69) is 45.3 Å². The first-order valence-corrected chi connectivity index (χ1v) is 6.58. The quantitative estimate of drug-likeness (QED) is 0.720. The Kier molecular flexibility index (Phi) is 6.76. The molecule has 0 aliphatic heterocycles. The van der Waals surface area contributed by atoms with Gasteiger partial charge in [0.2, 0.25) is 5.91 Å². The molecule has 0 saturated heterocycles. The first kappa shape index (κ1) is 16.4. The van der Waals surface area contributed by atoms with Crippen LogP contribution in [0.25, 0.3) is 0 Å². The lowest BCUT2D eigenvalue weighted by Gasteiger charge is -2.24. The summed E-state index contributed by atoms with van der Waals surface area (Å²) in [5, 5.41) is 6.16. The highest BCUT2D eigenvalue weighted by Gasteiger charge is 2.18. The van der Waals surface area contributed by atoms with Crippen LogP contribution in [0.4, 0.5) is 0 Å². The lowest BCUT2D eigenvalue weighted by Crippen LogP contribution is -2.39. The molecule has 0 spiro atoms. The van der Waals surface area contributed by atoms with Gasteiger partial charge in [-0.25, -0.2) is 0 Å². The van der Waals surface area contributed by atoms with E-state index in [4.69, 9.17) is 0 Å². The zero-order valence-corrected chi connectivity index (χ0v) is 12.4. The van der Waals surface area contributed by atoms with Gasteiger partial charge in [0.1, 0.15) is 0 Å². The molecule has 0 radical (unpaired) electrons. The van der Waals surface area contributed by atoms with Crippen molar-refractivity contribution in [3.63, 3.8) is 0 Å². The average Bonchev–Trinajstić information content (AvgIpc) is 2.13. The first-order valence-electron chi connectivity index (χ1n) is 6.58. The second kappa shape index (κ2) is 7.00. The fourth-order valence-electron chi connectivity index (χ4n) is 1.75. The van der Waals surface area contributed by atoms with Crippen LogP contribution in [0.5, 0.6) is 0 Å². The maximum absolute atomic E-state index is 11.6. The van der Waals surface area contributed by atoms with E-state index in [1.807, 2.05) is 7.05 Å². The molecular formula is C14H30N2O. The van der Waals surface area contributed by atoms with Gasteiger partial charge in [0.15, 0.2) is 0 Å². The topological polar surface area (TPSA) is 41.1 Å². The predicted octanol–water partition coefficient (Wildman–Crippen LogP) is 2.56. The lowest BCUT2D eigenvalue weighted by atomic mass is 9.89. The largest absolute Gasteiger partial charge is 0.356 e. The molecule has 3 nitrogen and oxygen atoms in total. The van der Waals surface area contributed by atoms with Crippen molar-refractivity contribution < 1.29 is 4.79 Å². The number of amides is 1. The van der Waals surface area contributed by atoms with Crippen LogP contribution in [0.1, 0.15) is 53.9 Å². The summed E-state index contributed by atoms with van der Waals surface area (Å²) in [5.41, 5.74) is 0.445. The predicted molar refractivity (Wildman–Crippen MR) is 74.0 cm³/mol. The van der Waals surface area contributed by atoms with Gasteiger partial charge in [-0.3, -0.25) is 4.79 Å². The molecule has 0 saturated carbocycles. The maximum Gasteiger partial charge on any atom is 0.220 e. The van der Waals surface area contributed by atoms with E-state index in [-0.39, 0.29) is 11.3 Å². The molecule has 0 heterocycles. The Bertz CT molecular complexity index is 229. The summed E-state index contributed by atoms with van der Waals surface area (Å²) in [5.74, 6) is 0.179. The molecule has 0 aliphatic rings. The summed E-state index contributed by atoms with van der Waals surface area (Å²) in [6.45, 7) is 12.6. The second-order valence-corrected chi connectivity index (χ2v) is 6.89. The van der Waals surface area contributed by atoms with Crippen molar-refractivity contribution in [3.05, 3.63) is 0 Å². The summed E-state index contributed by atoms with van der Waals surface area (Å²) in [4.78, 5) is 11.6. The Morgan fingerprint density at radius 2 is 1.65 bits per heavy atom. The molecule has 0 aromatic heterocycles. The zero-order valence-electron chi connectivity index (χ0n) is 12.4. The average molecular weight is 242 g/mol. The van der Waals surface area contributed by atoms with Crippen LogP contribution in [0.3, 0.4) is 0 Å². The minimum absolute atomic E-state index is 0.119. The molecule has 2 N–H and O–H groups in total. The molecule has 3 heteroatoms. The van der Waals surface area contributed by atoms with Gasteiger partial charge in [0.05, 0.1) is 0 Å². The molecule has 0 unspecified atom stereocenters. The standard InChI is InChI=1S/C14H30N2O/c1-13(2,3)9-7-8-12(17)16-11-14(4,5)10-15-6/h15H,7-11H2,1-6H3,(H,16,17). The monoisotopic (exact) mass is 242 g/mol. The molecule has 0 bridgehead atoms. The Hall–Kier alpha value is -0.570. The zero-order chi connectivity index (χ0) is 13.5. The van der Waals surface area contributed by atoms with Crippen molar-refractivity contribution >= 4 is 5.91 Å². The highest BCUT2D eigenvalue weighted by Crippen LogP contribution is 2.21. The molecule has 0 atom stereocenters. The van der Waals surface area contributed by atoms with Crippen LogP contribution in [-0.4, -0.2) is 26.0 Å². The lowest BCUT2D eigenvalue weighted by molar-refractivity contribution is -0.121. The van der Waals surface area contributed by atoms with Crippen molar-refractivity contribution in [1.82, 2.24) is 10.6 Å². The fraction of sp³-hybridized carbons (Fsp3) is 0.929. The minimum atomic E-state index is 0.119.